The van der Waals surface area contributed by atoms with Crippen molar-refractivity contribution in [3.05, 3.63) is 101 Å². The molecule has 6 nitrogen and oxygen atoms in total. The quantitative estimate of drug-likeness (QED) is 0.170. The highest BCUT2D eigenvalue weighted by Gasteiger charge is 2.55. The Morgan fingerprint density at radius 3 is 2.26 bits per heavy atom. The summed E-state index contributed by atoms with van der Waals surface area (Å²) >= 11 is 0. The van der Waals surface area contributed by atoms with Crippen LogP contribution in [0.25, 0.3) is 0 Å². The van der Waals surface area contributed by atoms with Crippen LogP contribution in [0.5, 0.6) is 0 Å². The van der Waals surface area contributed by atoms with Gasteiger partial charge in [0.05, 0.1) is 0 Å². The molecule has 6 heteroatoms. The van der Waals surface area contributed by atoms with E-state index in [0.29, 0.717) is 24.4 Å². The number of rotatable bonds is 10. The van der Waals surface area contributed by atoms with Crippen LogP contribution >= 0.6 is 0 Å². The normalized spacial score (nSPS) is 24.7. The maximum Gasteiger partial charge on any atom is 0.255 e. The Kier molecular flexibility index (Phi) is 12.2. The average Bonchev–Trinajstić information content (AvgIpc) is 3.43. The second-order valence-electron chi connectivity index (χ2n) is 14.4. The lowest BCUT2D eigenvalue weighted by Gasteiger charge is -2.52. The van der Waals surface area contributed by atoms with Crippen LogP contribution in [0.1, 0.15) is 116 Å². The maximum atomic E-state index is 13.3. The lowest BCUT2D eigenvalue weighted by Crippen LogP contribution is -2.59. The van der Waals surface area contributed by atoms with Crippen molar-refractivity contribution in [3.8, 4) is 0 Å². The van der Waals surface area contributed by atoms with E-state index >= 15 is 0 Å². The number of carbonyl (C=O) groups is 1. The highest BCUT2D eigenvalue weighted by atomic mass is 16.1. The molecule has 6 rings (SSSR count). The molecule has 252 valence electrons. The molecule has 0 radical (unpaired) electrons. The second kappa shape index (κ2) is 16.9. The van der Waals surface area contributed by atoms with E-state index in [-0.39, 0.29) is 11.4 Å². The van der Waals surface area contributed by atoms with E-state index < -0.39 is 0 Å². The molecule has 3 unspecified atom stereocenters. The van der Waals surface area contributed by atoms with Gasteiger partial charge in [0.15, 0.2) is 0 Å². The Labute approximate surface area is 283 Å². The number of anilines is 1. The number of nitrogens with one attached hydrogen (secondary N) is 3. The van der Waals surface area contributed by atoms with Gasteiger partial charge in [-0.1, -0.05) is 106 Å². The van der Waals surface area contributed by atoms with Gasteiger partial charge < -0.3 is 16.4 Å². The molecule has 0 aromatic heterocycles. The van der Waals surface area contributed by atoms with Crippen molar-refractivity contribution in [1.29, 1.82) is 0 Å². The van der Waals surface area contributed by atoms with E-state index in [2.05, 4.69) is 63.3 Å². The third kappa shape index (κ3) is 8.53. The predicted octanol–water partition coefficient (Wildman–Crippen LogP) is 7.96. The lowest BCUT2D eigenvalue weighted by atomic mass is 9.62. The van der Waals surface area contributed by atoms with Crippen LogP contribution in [0.4, 0.5) is 5.69 Å². The summed E-state index contributed by atoms with van der Waals surface area (Å²) in [4.78, 5) is 16.1. The molecule has 0 bridgehead atoms. The largest absolute Gasteiger partial charge is 0.329 e. The molecule has 5 N–H and O–H groups in total. The second-order valence-corrected chi connectivity index (χ2v) is 14.4. The van der Waals surface area contributed by atoms with Crippen molar-refractivity contribution < 1.29 is 4.79 Å². The number of hydrogen-bond acceptors (Lipinski definition) is 5. The van der Waals surface area contributed by atoms with E-state index in [1.807, 2.05) is 36.4 Å². The number of nitrogens with zero attached hydrogens (tertiary/aromatic N) is 1. The fraction of sp³-hybridized carbons (Fsp3) is 0.537. The lowest BCUT2D eigenvalue weighted by molar-refractivity contribution is 0.00738. The van der Waals surface area contributed by atoms with Crippen LogP contribution < -0.4 is 21.7 Å². The maximum absolute atomic E-state index is 13.3. The van der Waals surface area contributed by atoms with Gasteiger partial charge >= 0.3 is 0 Å². The van der Waals surface area contributed by atoms with Gasteiger partial charge in [0.2, 0.25) is 0 Å². The van der Waals surface area contributed by atoms with Gasteiger partial charge in [0.1, 0.15) is 0 Å². The molecule has 1 saturated heterocycles. The zero-order valence-corrected chi connectivity index (χ0v) is 28.4. The summed E-state index contributed by atoms with van der Waals surface area (Å²) in [5, 5.41) is 10.6. The first-order chi connectivity index (χ1) is 23.2. The monoisotopic (exact) mass is 635 g/mol. The summed E-state index contributed by atoms with van der Waals surface area (Å²) in [6.07, 6.45) is 17.3. The van der Waals surface area contributed by atoms with E-state index in [4.69, 9.17) is 5.73 Å². The van der Waals surface area contributed by atoms with E-state index in [1.54, 1.807) is 0 Å². The molecule has 3 atom stereocenters. The van der Waals surface area contributed by atoms with Crippen LogP contribution in [0.15, 0.2) is 78.9 Å². The summed E-state index contributed by atoms with van der Waals surface area (Å²) in [5.74, 6) is 1.18. The van der Waals surface area contributed by atoms with Crippen molar-refractivity contribution in [1.82, 2.24) is 15.5 Å². The molecule has 1 heterocycles. The standard InChI is InChI=1S/C41H57N5O/c42-25-26-43-29-32-19-21-34(22-20-32)36-23-24-39-41(28-36,37-15-8-5-3-1-2-4-6-9-16-37)46(31-44-39)30-33-13-12-14-35(27-33)40(47)45-38-17-10-7-11-18-38/h7,10-14,17-22,27,36-37,39,43-44H,1-6,8-9,15-16,23-26,28-31,42H2,(H,45,47). The SMILES string of the molecule is NCCNCc1ccc(C2CCC3NCN(Cc4cccc(C(=O)Nc5ccccc5)c4)C3(C3CCCCCCCCCC3)C2)cc1. The molecule has 1 aliphatic heterocycles. The first-order valence-electron chi connectivity index (χ1n) is 18.6. The van der Waals surface area contributed by atoms with Crippen molar-refractivity contribution in [3.63, 3.8) is 0 Å². The third-order valence-electron chi connectivity index (χ3n) is 11.4. The number of benzene rings is 3. The Morgan fingerprint density at radius 2 is 1.53 bits per heavy atom. The molecule has 47 heavy (non-hydrogen) atoms. The number of nitrogens with two attached hydrogens (primary N) is 1. The van der Waals surface area contributed by atoms with Gasteiger partial charge in [0, 0.05) is 55.7 Å². The van der Waals surface area contributed by atoms with Gasteiger partial charge in [-0.2, -0.15) is 0 Å². The highest BCUT2D eigenvalue weighted by Crippen LogP contribution is 2.51. The zero-order valence-electron chi connectivity index (χ0n) is 28.4. The first-order valence-corrected chi connectivity index (χ1v) is 18.6. The van der Waals surface area contributed by atoms with Gasteiger partial charge in [-0.25, -0.2) is 0 Å². The number of fused-ring (bicyclic) bond motifs is 1. The van der Waals surface area contributed by atoms with Gasteiger partial charge in [-0.3, -0.25) is 15.0 Å². The van der Waals surface area contributed by atoms with E-state index in [0.717, 1.165) is 37.6 Å². The smallest absolute Gasteiger partial charge is 0.255 e. The molecule has 2 saturated carbocycles. The van der Waals surface area contributed by atoms with Gasteiger partial charge in [-0.05, 0) is 84.9 Å². The first kappa shape index (κ1) is 33.9. The minimum atomic E-state index is -0.0482. The average molecular weight is 636 g/mol. The van der Waals surface area contributed by atoms with E-state index in [9.17, 15) is 4.79 Å². The molecule has 3 fully saturated rings. The summed E-state index contributed by atoms with van der Waals surface area (Å²) < 4.78 is 0. The summed E-state index contributed by atoms with van der Waals surface area (Å²) in [5.41, 5.74) is 11.4. The number of para-hydroxylation sites is 1. The highest BCUT2D eigenvalue weighted by molar-refractivity contribution is 6.04. The molecule has 3 aromatic carbocycles. The third-order valence-corrected chi connectivity index (χ3v) is 11.4. The minimum absolute atomic E-state index is 0.0482. The van der Waals surface area contributed by atoms with Crippen LogP contribution in [0.2, 0.25) is 0 Å². The molecule has 3 aromatic rings. The van der Waals surface area contributed by atoms with Gasteiger partial charge in [-0.15, -0.1) is 0 Å². The van der Waals surface area contributed by atoms with E-state index in [1.165, 1.54) is 100 Å². The Hall–Kier alpha value is -3.03. The molecule has 2 aliphatic carbocycles. The van der Waals surface area contributed by atoms with Crippen molar-refractivity contribution in [2.75, 3.05) is 25.1 Å². The van der Waals surface area contributed by atoms with Crippen LogP contribution in [0.3, 0.4) is 0 Å². The summed E-state index contributed by atoms with van der Waals surface area (Å²) in [7, 11) is 0. The molecule has 1 amide bonds. The summed E-state index contributed by atoms with van der Waals surface area (Å²) in [6.45, 7) is 4.17. The topological polar surface area (TPSA) is 82.4 Å². The number of carbonyl (C=O) groups excluding carboxylic acids is 1. The molecule has 3 aliphatic rings. The Balaban J connectivity index is 1.26. The Bertz CT molecular complexity index is 1380. The summed E-state index contributed by atoms with van der Waals surface area (Å²) in [6, 6.07) is 28.0. The van der Waals surface area contributed by atoms with Crippen LogP contribution in [0, 0.1) is 5.92 Å². The Morgan fingerprint density at radius 1 is 0.809 bits per heavy atom. The number of hydrogen-bond donors (Lipinski definition) is 4. The molecular formula is C41H57N5O. The molecule has 0 spiro atoms. The van der Waals surface area contributed by atoms with Crippen LogP contribution in [-0.4, -0.2) is 42.1 Å². The van der Waals surface area contributed by atoms with Crippen molar-refractivity contribution in [2.24, 2.45) is 11.7 Å². The fourth-order valence-corrected chi connectivity index (χ4v) is 8.93. The number of amides is 1. The fourth-order valence-electron chi connectivity index (χ4n) is 8.93. The predicted molar refractivity (Wildman–Crippen MR) is 194 cm³/mol. The van der Waals surface area contributed by atoms with Crippen molar-refractivity contribution in [2.45, 2.75) is 114 Å². The van der Waals surface area contributed by atoms with Gasteiger partial charge in [0.25, 0.3) is 5.91 Å². The van der Waals surface area contributed by atoms with Crippen molar-refractivity contribution >= 4 is 11.6 Å². The minimum Gasteiger partial charge on any atom is -0.329 e. The molecular weight excluding hydrogens is 578 g/mol. The van der Waals surface area contributed by atoms with Crippen LogP contribution in [-0.2, 0) is 13.1 Å². The zero-order chi connectivity index (χ0) is 32.3.